The second-order valence-electron chi connectivity index (χ2n) is 3.68. The first-order valence-electron chi connectivity index (χ1n) is 5.63. The minimum atomic E-state index is -0.118. The first kappa shape index (κ1) is 12.5. The summed E-state index contributed by atoms with van der Waals surface area (Å²) in [4.78, 5) is 11.3. The second-order valence-corrected chi connectivity index (χ2v) is 3.68. The maximum Gasteiger partial charge on any atom is 0.306 e. The molecule has 86 valence electrons. The van der Waals surface area contributed by atoms with Crippen LogP contribution in [-0.4, -0.2) is 5.97 Å². The van der Waals surface area contributed by atoms with Crippen molar-refractivity contribution in [2.24, 2.45) is 0 Å². The molecule has 16 heavy (non-hydrogen) atoms. The molecule has 0 saturated heterocycles. The van der Waals surface area contributed by atoms with Crippen LogP contribution in [0.2, 0.25) is 0 Å². The smallest absolute Gasteiger partial charge is 0.306 e. The second kappa shape index (κ2) is 7.69. The van der Waals surface area contributed by atoms with Crippen molar-refractivity contribution in [3.8, 4) is 0 Å². The third-order valence-electron chi connectivity index (χ3n) is 2.28. The highest BCUT2D eigenvalue weighted by atomic mass is 16.5. The van der Waals surface area contributed by atoms with Gasteiger partial charge in [-0.1, -0.05) is 36.4 Å². The van der Waals surface area contributed by atoms with Crippen LogP contribution in [-0.2, 0) is 16.1 Å². The summed E-state index contributed by atoms with van der Waals surface area (Å²) in [6.45, 7) is 4.01. The number of allylic oxidation sites excluding steroid dienone is 1. The molecule has 0 aromatic heterocycles. The highest BCUT2D eigenvalue weighted by Crippen LogP contribution is 2.05. The number of hydrogen-bond donors (Lipinski definition) is 0. The number of carbonyl (C=O) groups is 1. The van der Waals surface area contributed by atoms with Crippen LogP contribution in [0, 0.1) is 0 Å². The molecule has 0 aliphatic rings. The molecule has 0 fully saturated rings. The summed E-state index contributed by atoms with van der Waals surface area (Å²) in [6.07, 6.45) is 5.21. The van der Waals surface area contributed by atoms with Crippen LogP contribution in [0.15, 0.2) is 43.0 Å². The predicted molar refractivity (Wildman–Crippen MR) is 64.9 cm³/mol. The monoisotopic (exact) mass is 218 g/mol. The first-order valence-corrected chi connectivity index (χ1v) is 5.63. The molecule has 2 heteroatoms. The van der Waals surface area contributed by atoms with Crippen LogP contribution in [0.5, 0.6) is 0 Å². The molecule has 0 bridgehead atoms. The summed E-state index contributed by atoms with van der Waals surface area (Å²) >= 11 is 0. The van der Waals surface area contributed by atoms with Gasteiger partial charge in [0, 0.05) is 6.42 Å². The average molecular weight is 218 g/mol. The highest BCUT2D eigenvalue weighted by molar-refractivity contribution is 5.69. The number of esters is 1. The molecular weight excluding hydrogens is 200 g/mol. The van der Waals surface area contributed by atoms with Gasteiger partial charge in [0.2, 0.25) is 0 Å². The minimum Gasteiger partial charge on any atom is -0.461 e. The van der Waals surface area contributed by atoms with Crippen LogP contribution in [0.4, 0.5) is 0 Å². The Morgan fingerprint density at radius 1 is 1.25 bits per heavy atom. The van der Waals surface area contributed by atoms with E-state index in [9.17, 15) is 4.79 Å². The average Bonchev–Trinajstić information content (AvgIpc) is 2.33. The SMILES string of the molecule is C=CCCCCC(=O)OCc1ccccc1. The van der Waals surface area contributed by atoms with Gasteiger partial charge in [0.15, 0.2) is 0 Å². The summed E-state index contributed by atoms with van der Waals surface area (Å²) in [5.74, 6) is -0.118. The Morgan fingerprint density at radius 2 is 2.00 bits per heavy atom. The molecule has 0 aliphatic heterocycles. The first-order chi connectivity index (χ1) is 7.83. The van der Waals surface area contributed by atoms with Crippen molar-refractivity contribution in [3.63, 3.8) is 0 Å². The van der Waals surface area contributed by atoms with Crippen molar-refractivity contribution in [2.75, 3.05) is 0 Å². The summed E-state index contributed by atoms with van der Waals surface area (Å²) in [5, 5.41) is 0. The minimum absolute atomic E-state index is 0.118. The van der Waals surface area contributed by atoms with E-state index in [1.165, 1.54) is 0 Å². The molecule has 0 atom stereocenters. The Kier molecular flexibility index (Phi) is 6.00. The summed E-state index contributed by atoms with van der Waals surface area (Å²) in [6, 6.07) is 9.72. The molecule has 0 amide bonds. The van der Waals surface area contributed by atoms with E-state index < -0.39 is 0 Å². The molecule has 0 radical (unpaired) electrons. The Bertz CT molecular complexity index is 317. The predicted octanol–water partition coefficient (Wildman–Crippen LogP) is 3.48. The van der Waals surface area contributed by atoms with E-state index in [1.807, 2.05) is 36.4 Å². The van der Waals surface area contributed by atoms with Crippen molar-refractivity contribution < 1.29 is 9.53 Å². The molecule has 0 N–H and O–H groups in total. The van der Waals surface area contributed by atoms with E-state index in [4.69, 9.17) is 4.74 Å². The number of benzene rings is 1. The molecular formula is C14H18O2. The fraction of sp³-hybridized carbons (Fsp3) is 0.357. The van der Waals surface area contributed by atoms with Gasteiger partial charge >= 0.3 is 5.97 Å². The zero-order chi connectivity index (χ0) is 11.6. The largest absolute Gasteiger partial charge is 0.461 e. The molecule has 1 aromatic carbocycles. The number of hydrogen-bond acceptors (Lipinski definition) is 2. The lowest BCUT2D eigenvalue weighted by atomic mass is 10.2. The molecule has 1 rings (SSSR count). The lowest BCUT2D eigenvalue weighted by molar-refractivity contribution is -0.145. The van der Waals surface area contributed by atoms with Gasteiger partial charge in [-0.25, -0.2) is 0 Å². The summed E-state index contributed by atoms with van der Waals surface area (Å²) in [7, 11) is 0. The van der Waals surface area contributed by atoms with Gasteiger partial charge in [-0.15, -0.1) is 6.58 Å². The van der Waals surface area contributed by atoms with Gasteiger partial charge in [0.25, 0.3) is 0 Å². The van der Waals surface area contributed by atoms with Gasteiger partial charge in [-0.05, 0) is 24.8 Å². The Morgan fingerprint density at radius 3 is 2.69 bits per heavy atom. The fourth-order valence-electron chi connectivity index (χ4n) is 1.37. The van der Waals surface area contributed by atoms with Gasteiger partial charge in [0.1, 0.15) is 6.61 Å². The lowest BCUT2D eigenvalue weighted by Crippen LogP contribution is -2.04. The lowest BCUT2D eigenvalue weighted by Gasteiger charge is -2.04. The Hall–Kier alpha value is -1.57. The Labute approximate surface area is 96.9 Å². The van der Waals surface area contributed by atoms with Crippen molar-refractivity contribution in [1.29, 1.82) is 0 Å². The molecule has 1 aromatic rings. The maximum absolute atomic E-state index is 11.3. The van der Waals surface area contributed by atoms with Crippen LogP contribution in [0.3, 0.4) is 0 Å². The number of unbranched alkanes of at least 4 members (excludes halogenated alkanes) is 2. The van der Waals surface area contributed by atoms with Crippen LogP contribution >= 0.6 is 0 Å². The zero-order valence-electron chi connectivity index (χ0n) is 9.52. The van der Waals surface area contributed by atoms with Crippen molar-refractivity contribution in [2.45, 2.75) is 32.3 Å². The van der Waals surface area contributed by atoms with E-state index in [-0.39, 0.29) is 5.97 Å². The van der Waals surface area contributed by atoms with E-state index in [1.54, 1.807) is 0 Å². The normalized spacial score (nSPS) is 9.75. The van der Waals surface area contributed by atoms with Gasteiger partial charge in [0.05, 0.1) is 0 Å². The quantitative estimate of drug-likeness (QED) is 0.398. The number of carbonyl (C=O) groups excluding carboxylic acids is 1. The number of ether oxygens (including phenoxy) is 1. The van der Waals surface area contributed by atoms with Crippen molar-refractivity contribution in [3.05, 3.63) is 48.6 Å². The van der Waals surface area contributed by atoms with Gasteiger partial charge < -0.3 is 4.74 Å². The van der Waals surface area contributed by atoms with Crippen molar-refractivity contribution >= 4 is 5.97 Å². The molecule has 0 saturated carbocycles. The van der Waals surface area contributed by atoms with E-state index in [2.05, 4.69) is 6.58 Å². The third-order valence-corrected chi connectivity index (χ3v) is 2.28. The summed E-state index contributed by atoms with van der Waals surface area (Å²) < 4.78 is 5.14. The maximum atomic E-state index is 11.3. The highest BCUT2D eigenvalue weighted by Gasteiger charge is 2.02. The van der Waals surface area contributed by atoms with Gasteiger partial charge in [-0.2, -0.15) is 0 Å². The third kappa shape index (κ3) is 5.35. The van der Waals surface area contributed by atoms with Crippen LogP contribution in [0.1, 0.15) is 31.2 Å². The van der Waals surface area contributed by atoms with E-state index >= 15 is 0 Å². The summed E-state index contributed by atoms with van der Waals surface area (Å²) in [5.41, 5.74) is 1.03. The fourth-order valence-corrected chi connectivity index (χ4v) is 1.37. The van der Waals surface area contributed by atoms with Crippen LogP contribution in [0.25, 0.3) is 0 Å². The molecule has 0 unspecified atom stereocenters. The van der Waals surface area contributed by atoms with E-state index in [0.717, 1.165) is 24.8 Å². The molecule has 0 spiro atoms. The van der Waals surface area contributed by atoms with E-state index in [0.29, 0.717) is 13.0 Å². The zero-order valence-corrected chi connectivity index (χ0v) is 9.52. The standard InChI is InChI=1S/C14H18O2/c1-2-3-4-8-11-14(15)16-12-13-9-6-5-7-10-13/h2,5-7,9-10H,1,3-4,8,11-12H2. The van der Waals surface area contributed by atoms with Gasteiger partial charge in [-0.3, -0.25) is 4.79 Å². The topological polar surface area (TPSA) is 26.3 Å². The number of rotatable bonds is 7. The Balaban J connectivity index is 2.13. The van der Waals surface area contributed by atoms with Crippen LogP contribution < -0.4 is 0 Å². The molecule has 0 aliphatic carbocycles. The molecule has 0 heterocycles. The molecule has 2 nitrogen and oxygen atoms in total. The van der Waals surface area contributed by atoms with Crippen molar-refractivity contribution in [1.82, 2.24) is 0 Å².